The van der Waals surface area contributed by atoms with E-state index in [1.54, 1.807) is 69.3 Å². The van der Waals surface area contributed by atoms with Crippen LogP contribution in [0.2, 0.25) is 0 Å². The molecule has 1 aromatic heterocycles. The largest absolute Gasteiger partial charge is 0.497 e. The predicted octanol–water partition coefficient (Wildman–Crippen LogP) is 3.92. The molecule has 182 valence electrons. The standard InChI is InChI=1S/C26H26N2O6S/c1-25(2,3)26(23(29)30,18-10-6-5-7-11-18)27-21-12-8-9-13-22(21)28(24(27)31)35(32,33)20-16-14-19(34-4)15-17-20/h5-17H,1-4H3,(H,29,30). The van der Waals surface area contributed by atoms with Gasteiger partial charge in [0, 0.05) is 5.41 Å². The number of hydrogen-bond donors (Lipinski definition) is 1. The summed E-state index contributed by atoms with van der Waals surface area (Å²) in [5.74, 6) is -0.816. The minimum Gasteiger partial charge on any atom is -0.497 e. The van der Waals surface area contributed by atoms with Crippen molar-refractivity contribution in [2.75, 3.05) is 7.11 Å². The van der Waals surface area contributed by atoms with E-state index in [0.29, 0.717) is 15.3 Å². The Labute approximate surface area is 203 Å². The van der Waals surface area contributed by atoms with Gasteiger partial charge in [-0.25, -0.2) is 18.0 Å². The van der Waals surface area contributed by atoms with Crippen molar-refractivity contribution in [3.63, 3.8) is 0 Å². The number of methoxy groups -OCH3 is 1. The summed E-state index contributed by atoms with van der Waals surface area (Å²) in [7, 11) is -2.92. The maximum absolute atomic E-state index is 14.1. The Kier molecular flexibility index (Phi) is 5.84. The fraction of sp³-hybridized carbons (Fsp3) is 0.231. The van der Waals surface area contributed by atoms with E-state index in [4.69, 9.17) is 4.74 Å². The van der Waals surface area contributed by atoms with Crippen LogP contribution in [0.1, 0.15) is 26.3 Å². The molecule has 3 aromatic carbocycles. The average Bonchev–Trinajstić information content (AvgIpc) is 3.12. The van der Waals surface area contributed by atoms with Gasteiger partial charge in [-0.15, -0.1) is 0 Å². The summed E-state index contributed by atoms with van der Waals surface area (Å²) < 4.78 is 34.3. The van der Waals surface area contributed by atoms with E-state index >= 15 is 0 Å². The van der Waals surface area contributed by atoms with Crippen molar-refractivity contribution in [2.45, 2.75) is 31.2 Å². The van der Waals surface area contributed by atoms with Gasteiger partial charge in [-0.05, 0) is 42.0 Å². The lowest BCUT2D eigenvalue weighted by Gasteiger charge is -2.42. The molecule has 0 bridgehead atoms. The Morgan fingerprint density at radius 3 is 1.91 bits per heavy atom. The summed E-state index contributed by atoms with van der Waals surface area (Å²) in [6, 6.07) is 20.4. The fourth-order valence-electron chi connectivity index (χ4n) is 4.65. The lowest BCUT2D eigenvalue weighted by molar-refractivity contribution is -0.150. The Morgan fingerprint density at radius 1 is 0.857 bits per heavy atom. The number of carboxylic acid groups (broad SMARTS) is 1. The van der Waals surface area contributed by atoms with Gasteiger partial charge in [-0.1, -0.05) is 63.2 Å². The minimum absolute atomic E-state index is 0.0825. The molecule has 0 fully saturated rings. The lowest BCUT2D eigenvalue weighted by Crippen LogP contribution is -2.56. The molecule has 1 N–H and O–H groups in total. The van der Waals surface area contributed by atoms with Crippen LogP contribution in [0, 0.1) is 5.41 Å². The SMILES string of the molecule is COc1ccc(S(=O)(=O)n2c(=O)n(C(C(=O)O)(c3ccccc3)C(C)(C)C)c3ccccc32)cc1. The van der Waals surface area contributed by atoms with Gasteiger partial charge in [-0.2, -0.15) is 3.97 Å². The molecule has 0 spiro atoms. The Balaban J connectivity index is 2.17. The summed E-state index contributed by atoms with van der Waals surface area (Å²) >= 11 is 0. The number of ether oxygens (including phenoxy) is 1. The van der Waals surface area contributed by atoms with Gasteiger partial charge in [0.15, 0.2) is 5.54 Å². The van der Waals surface area contributed by atoms with Crippen LogP contribution in [0.5, 0.6) is 5.75 Å². The summed E-state index contributed by atoms with van der Waals surface area (Å²) in [5.41, 5.74) is -3.29. The van der Waals surface area contributed by atoms with E-state index in [1.807, 2.05) is 0 Å². The van der Waals surface area contributed by atoms with Crippen LogP contribution in [0.3, 0.4) is 0 Å². The zero-order chi connectivity index (χ0) is 25.6. The molecule has 9 heteroatoms. The number of imidazole rings is 1. The van der Waals surface area contributed by atoms with Gasteiger partial charge in [0.2, 0.25) is 0 Å². The monoisotopic (exact) mass is 494 g/mol. The molecule has 1 heterocycles. The second-order valence-corrected chi connectivity index (χ2v) is 11.0. The number of aromatic nitrogens is 2. The van der Waals surface area contributed by atoms with Gasteiger partial charge in [0.25, 0.3) is 10.0 Å². The number of rotatable bonds is 6. The third kappa shape index (κ3) is 3.54. The Morgan fingerprint density at radius 2 is 1.40 bits per heavy atom. The maximum atomic E-state index is 14.1. The van der Waals surface area contributed by atoms with E-state index in [2.05, 4.69) is 0 Å². The first-order valence-corrected chi connectivity index (χ1v) is 12.3. The Bertz CT molecular complexity index is 1560. The van der Waals surface area contributed by atoms with Crippen LogP contribution in [0.15, 0.2) is 88.6 Å². The van der Waals surface area contributed by atoms with Crippen molar-refractivity contribution in [2.24, 2.45) is 5.41 Å². The third-order valence-corrected chi connectivity index (χ3v) is 7.93. The summed E-state index contributed by atoms with van der Waals surface area (Å²) in [6.45, 7) is 5.14. The number of aliphatic carboxylic acids is 1. The van der Waals surface area contributed by atoms with Crippen molar-refractivity contribution >= 4 is 27.0 Å². The first-order chi connectivity index (χ1) is 16.5. The molecule has 4 aromatic rings. The summed E-state index contributed by atoms with van der Waals surface area (Å²) in [6.07, 6.45) is 0. The molecule has 0 saturated carbocycles. The highest BCUT2D eigenvalue weighted by Gasteiger charge is 2.54. The van der Waals surface area contributed by atoms with Crippen LogP contribution in [-0.4, -0.2) is 35.1 Å². The first kappa shape index (κ1) is 24.3. The molecule has 0 saturated heterocycles. The molecular formula is C26H26N2O6S. The number of benzene rings is 3. The zero-order valence-corrected chi connectivity index (χ0v) is 20.6. The Hall–Kier alpha value is -3.85. The van der Waals surface area contributed by atoms with Crippen molar-refractivity contribution in [3.8, 4) is 5.75 Å². The molecule has 0 aliphatic carbocycles. The average molecular weight is 495 g/mol. The number of carbonyl (C=O) groups is 1. The first-order valence-electron chi connectivity index (χ1n) is 10.9. The molecule has 8 nitrogen and oxygen atoms in total. The van der Waals surface area contributed by atoms with E-state index in [0.717, 1.165) is 4.57 Å². The summed E-state index contributed by atoms with van der Waals surface area (Å²) in [4.78, 5) is 27.1. The van der Waals surface area contributed by atoms with E-state index < -0.39 is 32.6 Å². The van der Waals surface area contributed by atoms with Gasteiger partial charge >= 0.3 is 11.7 Å². The van der Waals surface area contributed by atoms with Crippen molar-refractivity contribution in [1.29, 1.82) is 0 Å². The van der Waals surface area contributed by atoms with Crippen LogP contribution < -0.4 is 10.4 Å². The second-order valence-electron chi connectivity index (χ2n) is 9.18. The quantitative estimate of drug-likeness (QED) is 0.435. The molecular weight excluding hydrogens is 468 g/mol. The predicted molar refractivity (Wildman–Crippen MR) is 132 cm³/mol. The minimum atomic E-state index is -4.38. The van der Waals surface area contributed by atoms with Crippen LogP contribution in [0.4, 0.5) is 0 Å². The van der Waals surface area contributed by atoms with Crippen LogP contribution >= 0.6 is 0 Å². The van der Waals surface area contributed by atoms with E-state index in [-0.39, 0.29) is 15.9 Å². The molecule has 0 aliphatic heterocycles. The maximum Gasteiger partial charge on any atom is 0.344 e. The van der Waals surface area contributed by atoms with Crippen LogP contribution in [0.25, 0.3) is 11.0 Å². The second kappa shape index (κ2) is 8.42. The number of fused-ring (bicyclic) bond motifs is 1. The topological polar surface area (TPSA) is 108 Å². The van der Waals surface area contributed by atoms with Gasteiger partial charge in [0.1, 0.15) is 5.75 Å². The van der Waals surface area contributed by atoms with Crippen molar-refractivity contribution in [3.05, 3.63) is 94.9 Å². The molecule has 4 rings (SSSR count). The lowest BCUT2D eigenvalue weighted by atomic mass is 9.69. The van der Waals surface area contributed by atoms with Gasteiger partial charge < -0.3 is 9.84 Å². The molecule has 1 atom stereocenters. The van der Waals surface area contributed by atoms with Gasteiger partial charge in [0.05, 0.1) is 23.0 Å². The molecule has 35 heavy (non-hydrogen) atoms. The number of hydrogen-bond acceptors (Lipinski definition) is 5. The number of carboxylic acids is 1. The summed E-state index contributed by atoms with van der Waals surface area (Å²) in [5, 5.41) is 10.7. The van der Waals surface area contributed by atoms with Crippen LogP contribution in [-0.2, 0) is 20.4 Å². The van der Waals surface area contributed by atoms with Gasteiger partial charge in [-0.3, -0.25) is 4.57 Å². The highest BCUT2D eigenvalue weighted by molar-refractivity contribution is 7.90. The third-order valence-electron chi connectivity index (χ3n) is 6.23. The number of nitrogens with zero attached hydrogens (tertiary/aromatic N) is 2. The normalized spacial score (nSPS) is 13.9. The highest BCUT2D eigenvalue weighted by atomic mass is 32.2. The molecule has 1 unspecified atom stereocenters. The van der Waals surface area contributed by atoms with Crippen molar-refractivity contribution in [1.82, 2.24) is 8.54 Å². The fourth-order valence-corrected chi connectivity index (χ4v) is 6.04. The van der Waals surface area contributed by atoms with E-state index in [1.165, 1.54) is 37.4 Å². The smallest absolute Gasteiger partial charge is 0.344 e. The van der Waals surface area contributed by atoms with Crippen molar-refractivity contribution < 1.29 is 23.1 Å². The zero-order valence-electron chi connectivity index (χ0n) is 19.8. The molecule has 0 radical (unpaired) electrons. The highest BCUT2D eigenvalue weighted by Crippen LogP contribution is 2.44. The number of para-hydroxylation sites is 2. The molecule has 0 amide bonds. The molecule has 0 aliphatic rings. The van der Waals surface area contributed by atoms with E-state index in [9.17, 15) is 23.1 Å².